The van der Waals surface area contributed by atoms with Gasteiger partial charge in [0.25, 0.3) is 0 Å². The second-order valence-electron chi connectivity index (χ2n) is 10.5. The molecule has 1 aromatic heterocycles. The first kappa shape index (κ1) is 25.8. The highest BCUT2D eigenvalue weighted by Crippen LogP contribution is 2.44. The Kier molecular flexibility index (Phi) is 7.94. The molecule has 1 saturated heterocycles. The molecule has 0 amide bonds. The highest BCUT2D eigenvalue weighted by Gasteiger charge is 2.34. The van der Waals surface area contributed by atoms with Crippen molar-refractivity contribution in [3.63, 3.8) is 0 Å². The minimum atomic E-state index is -4.37. The fourth-order valence-corrected chi connectivity index (χ4v) is 5.87. The number of benzene rings is 1. The second kappa shape index (κ2) is 10.8. The van der Waals surface area contributed by atoms with Gasteiger partial charge in [0.1, 0.15) is 0 Å². The molecule has 1 aliphatic carbocycles. The van der Waals surface area contributed by atoms with Crippen LogP contribution in [0.2, 0.25) is 0 Å². The Morgan fingerprint density at radius 3 is 2.40 bits per heavy atom. The Morgan fingerprint density at radius 1 is 1.11 bits per heavy atom. The van der Waals surface area contributed by atoms with Crippen LogP contribution in [0.5, 0.6) is 0 Å². The lowest BCUT2D eigenvalue weighted by Crippen LogP contribution is -2.21. The normalized spacial score (nSPS) is 20.1. The molecular weight excluding hydrogens is 455 g/mol. The Balaban J connectivity index is 1.82. The molecular formula is C28H36F3NO3. The number of nitrogens with zero attached hydrogens (tertiary/aromatic N) is 1. The molecule has 1 fully saturated rings. The van der Waals surface area contributed by atoms with Crippen LogP contribution in [0.4, 0.5) is 13.2 Å². The Hall–Kier alpha value is -2.28. The molecule has 0 radical (unpaired) electrons. The van der Waals surface area contributed by atoms with Crippen LogP contribution in [0.1, 0.15) is 105 Å². The zero-order valence-corrected chi connectivity index (χ0v) is 20.6. The van der Waals surface area contributed by atoms with Crippen LogP contribution in [0.15, 0.2) is 30.5 Å². The van der Waals surface area contributed by atoms with Gasteiger partial charge in [0.15, 0.2) is 0 Å². The van der Waals surface area contributed by atoms with Gasteiger partial charge in [0.05, 0.1) is 18.0 Å². The van der Waals surface area contributed by atoms with E-state index in [0.717, 1.165) is 69.4 Å². The molecule has 35 heavy (non-hydrogen) atoms. The maximum absolute atomic E-state index is 13.2. The minimum Gasteiger partial charge on any atom is -0.481 e. The molecule has 2 aromatic rings. The summed E-state index contributed by atoms with van der Waals surface area (Å²) in [4.78, 5) is 11.8. The van der Waals surface area contributed by atoms with Crippen molar-refractivity contribution < 1.29 is 27.8 Å². The van der Waals surface area contributed by atoms with Crippen LogP contribution in [0.25, 0.3) is 0 Å². The van der Waals surface area contributed by atoms with Gasteiger partial charge >= 0.3 is 12.1 Å². The van der Waals surface area contributed by atoms with Crippen LogP contribution in [-0.4, -0.2) is 28.9 Å². The first-order valence-electron chi connectivity index (χ1n) is 12.8. The van der Waals surface area contributed by atoms with Crippen LogP contribution >= 0.6 is 0 Å². The third-order valence-electron chi connectivity index (χ3n) is 7.64. The van der Waals surface area contributed by atoms with Crippen molar-refractivity contribution in [2.45, 2.75) is 89.3 Å². The number of hydrogen-bond donors (Lipinski definition) is 1. The summed E-state index contributed by atoms with van der Waals surface area (Å²) in [5.74, 6) is -0.0684. The summed E-state index contributed by atoms with van der Waals surface area (Å²) < 4.78 is 47.5. The maximum atomic E-state index is 13.2. The number of aromatic nitrogens is 1. The van der Waals surface area contributed by atoms with Crippen LogP contribution in [0.3, 0.4) is 0 Å². The summed E-state index contributed by atoms with van der Waals surface area (Å²) in [6.45, 7) is 5.74. The number of carboxylic acid groups (broad SMARTS) is 1. The lowest BCUT2D eigenvalue weighted by molar-refractivity contribution is -0.138. The number of hydrogen-bond acceptors (Lipinski definition) is 2. The molecule has 0 bridgehead atoms. The number of alkyl halides is 3. The van der Waals surface area contributed by atoms with Crippen molar-refractivity contribution in [1.82, 2.24) is 4.57 Å². The molecule has 1 aliphatic heterocycles. The number of carbonyl (C=O) groups is 1. The minimum absolute atomic E-state index is 0.0775. The van der Waals surface area contributed by atoms with Gasteiger partial charge in [-0.15, -0.1) is 0 Å². The van der Waals surface area contributed by atoms with Crippen LogP contribution < -0.4 is 0 Å². The number of rotatable bonds is 8. The van der Waals surface area contributed by atoms with Gasteiger partial charge in [-0.3, -0.25) is 4.79 Å². The summed E-state index contributed by atoms with van der Waals surface area (Å²) in [5.41, 5.74) is 3.85. The maximum Gasteiger partial charge on any atom is 0.416 e. The molecule has 2 aliphatic rings. The van der Waals surface area contributed by atoms with E-state index in [2.05, 4.69) is 24.6 Å². The molecule has 4 rings (SSSR count). The monoisotopic (exact) mass is 491 g/mol. The fraction of sp³-hybridized carbons (Fsp3) is 0.607. The van der Waals surface area contributed by atoms with E-state index in [1.54, 1.807) is 12.1 Å². The van der Waals surface area contributed by atoms with Crippen molar-refractivity contribution in [1.29, 1.82) is 0 Å². The van der Waals surface area contributed by atoms with E-state index < -0.39 is 17.7 Å². The van der Waals surface area contributed by atoms with E-state index in [9.17, 15) is 23.1 Å². The Bertz CT molecular complexity index is 1000. The SMILES string of the molecule is CC(C)CC[C@H](c1ccc(C(F)(F)F)cc1)n1cc(C2CCOCC2)c2c1C(CC(=O)O)CCC2. The third kappa shape index (κ3) is 5.93. The second-order valence-corrected chi connectivity index (χ2v) is 10.5. The van der Waals surface area contributed by atoms with Gasteiger partial charge in [-0.2, -0.15) is 13.2 Å². The highest BCUT2D eigenvalue weighted by molar-refractivity contribution is 5.68. The van der Waals surface area contributed by atoms with Crippen LogP contribution in [-0.2, 0) is 22.1 Å². The largest absolute Gasteiger partial charge is 0.481 e. The van der Waals surface area contributed by atoms with Crippen molar-refractivity contribution >= 4 is 5.97 Å². The lowest BCUT2D eigenvalue weighted by Gasteiger charge is -2.30. The quantitative estimate of drug-likeness (QED) is 0.421. The predicted octanol–water partition coefficient (Wildman–Crippen LogP) is 7.32. The van der Waals surface area contributed by atoms with Gasteiger partial charge in [-0.25, -0.2) is 0 Å². The summed E-state index contributed by atoms with van der Waals surface area (Å²) in [7, 11) is 0. The van der Waals surface area contributed by atoms with E-state index in [1.807, 2.05) is 0 Å². The first-order valence-corrected chi connectivity index (χ1v) is 12.8. The standard InChI is InChI=1S/C28H36F3NO3/c1-18(2)6-11-25(20-7-9-22(10-8-20)28(29,30)31)32-17-24(19-12-14-35-15-13-19)23-5-3-4-21(27(23)32)16-26(33)34/h7-10,17-19,21,25H,3-6,11-16H2,1-2H3,(H,33,34)/t21?,25-/m1/s1. The molecule has 7 heteroatoms. The van der Waals surface area contributed by atoms with E-state index in [0.29, 0.717) is 11.8 Å². The fourth-order valence-electron chi connectivity index (χ4n) is 5.87. The molecule has 2 heterocycles. The van der Waals surface area contributed by atoms with Crippen molar-refractivity contribution in [2.75, 3.05) is 13.2 Å². The molecule has 192 valence electrons. The zero-order chi connectivity index (χ0) is 25.2. The lowest BCUT2D eigenvalue weighted by atomic mass is 9.80. The Morgan fingerprint density at radius 2 is 1.80 bits per heavy atom. The van der Waals surface area contributed by atoms with Gasteiger partial charge < -0.3 is 14.4 Å². The molecule has 4 nitrogen and oxygen atoms in total. The summed E-state index contributed by atoms with van der Waals surface area (Å²) in [6, 6.07) is 5.41. The molecule has 1 aromatic carbocycles. The average molecular weight is 492 g/mol. The van der Waals surface area contributed by atoms with E-state index in [4.69, 9.17) is 4.74 Å². The predicted molar refractivity (Wildman–Crippen MR) is 129 cm³/mol. The number of aliphatic carboxylic acids is 1. The summed E-state index contributed by atoms with van der Waals surface area (Å²) in [5, 5.41) is 9.64. The Labute approximate surface area is 205 Å². The van der Waals surface area contributed by atoms with Crippen molar-refractivity contribution in [3.8, 4) is 0 Å². The van der Waals surface area contributed by atoms with Gasteiger partial charge in [0.2, 0.25) is 0 Å². The average Bonchev–Trinajstić information content (AvgIpc) is 3.19. The van der Waals surface area contributed by atoms with E-state index in [-0.39, 0.29) is 18.4 Å². The molecule has 1 unspecified atom stereocenters. The summed E-state index contributed by atoms with van der Waals surface area (Å²) >= 11 is 0. The number of carboxylic acids is 1. The molecule has 0 saturated carbocycles. The van der Waals surface area contributed by atoms with Crippen molar-refractivity contribution in [2.24, 2.45) is 5.92 Å². The summed E-state index contributed by atoms with van der Waals surface area (Å²) in [6.07, 6.45) is 4.22. The molecule has 2 atom stereocenters. The van der Waals surface area contributed by atoms with Gasteiger partial charge in [-0.1, -0.05) is 26.0 Å². The number of ether oxygens (including phenoxy) is 1. The number of fused-ring (bicyclic) bond motifs is 1. The smallest absolute Gasteiger partial charge is 0.416 e. The first-order chi connectivity index (χ1) is 16.6. The highest BCUT2D eigenvalue weighted by atomic mass is 19.4. The van der Waals surface area contributed by atoms with E-state index >= 15 is 0 Å². The van der Waals surface area contributed by atoms with Gasteiger partial charge in [-0.05, 0) is 85.6 Å². The van der Waals surface area contributed by atoms with Crippen LogP contribution in [0, 0.1) is 5.92 Å². The van der Waals surface area contributed by atoms with E-state index in [1.165, 1.54) is 23.3 Å². The zero-order valence-electron chi connectivity index (χ0n) is 20.6. The topological polar surface area (TPSA) is 51.5 Å². The van der Waals surface area contributed by atoms with Crippen molar-refractivity contribution in [3.05, 3.63) is 58.4 Å². The molecule has 1 N–H and O–H groups in total. The third-order valence-corrected chi connectivity index (χ3v) is 7.64. The molecule has 0 spiro atoms. The van der Waals surface area contributed by atoms with Gasteiger partial charge in [0, 0.05) is 31.0 Å². The number of halogens is 3.